The molecule has 0 saturated heterocycles. The molecular weight excluding hydrogens is 349 g/mol. The largest absolute Gasteiger partial charge is 0.489 e. The predicted octanol–water partition coefficient (Wildman–Crippen LogP) is 5.39. The quantitative estimate of drug-likeness (QED) is 0.537. The number of rotatable bonds is 8. The fourth-order valence-corrected chi connectivity index (χ4v) is 2.83. The molecular formula is C22H21ClFNO. The normalized spacial score (nSPS) is 10.7. The van der Waals surface area contributed by atoms with Crippen molar-refractivity contribution in [3.05, 3.63) is 100 Å². The number of hydrogen-bond donors (Lipinski definition) is 1. The fraction of sp³-hybridized carbons (Fsp3) is 0.182. The molecule has 2 nitrogen and oxygen atoms in total. The van der Waals surface area contributed by atoms with Gasteiger partial charge in [0.1, 0.15) is 18.2 Å². The van der Waals surface area contributed by atoms with Gasteiger partial charge in [0.25, 0.3) is 0 Å². The van der Waals surface area contributed by atoms with E-state index < -0.39 is 0 Å². The standard InChI is InChI=1S/C22H21ClFNO/c23-20-3-1-2-19(14-20)16-26-22-10-6-18(7-11-22)15-25-13-12-17-4-8-21(24)9-5-17/h1-11,14,25H,12-13,15-16H2. The third kappa shape index (κ3) is 5.87. The summed E-state index contributed by atoms with van der Waals surface area (Å²) in [5.41, 5.74) is 3.37. The third-order valence-corrected chi connectivity index (χ3v) is 4.29. The van der Waals surface area contributed by atoms with Crippen LogP contribution in [0.4, 0.5) is 4.39 Å². The van der Waals surface area contributed by atoms with Crippen LogP contribution in [0.2, 0.25) is 5.02 Å². The van der Waals surface area contributed by atoms with Crippen LogP contribution in [-0.4, -0.2) is 6.54 Å². The molecule has 3 aromatic carbocycles. The molecule has 134 valence electrons. The predicted molar refractivity (Wildman–Crippen MR) is 104 cm³/mol. The highest BCUT2D eigenvalue weighted by atomic mass is 35.5. The summed E-state index contributed by atoms with van der Waals surface area (Å²) in [4.78, 5) is 0. The van der Waals surface area contributed by atoms with Gasteiger partial charge in [-0.15, -0.1) is 0 Å². The lowest BCUT2D eigenvalue weighted by Crippen LogP contribution is -2.16. The van der Waals surface area contributed by atoms with Crippen LogP contribution in [0.15, 0.2) is 72.8 Å². The molecule has 0 radical (unpaired) electrons. The van der Waals surface area contributed by atoms with Crippen molar-refractivity contribution < 1.29 is 9.13 Å². The van der Waals surface area contributed by atoms with E-state index in [1.807, 2.05) is 48.5 Å². The third-order valence-electron chi connectivity index (χ3n) is 4.05. The van der Waals surface area contributed by atoms with Gasteiger partial charge in [-0.05, 0) is 66.1 Å². The molecule has 0 bridgehead atoms. The number of halogens is 2. The Labute approximate surface area is 158 Å². The van der Waals surface area contributed by atoms with Gasteiger partial charge in [0, 0.05) is 11.6 Å². The molecule has 26 heavy (non-hydrogen) atoms. The van der Waals surface area contributed by atoms with E-state index in [9.17, 15) is 4.39 Å². The van der Waals surface area contributed by atoms with Gasteiger partial charge < -0.3 is 10.1 Å². The van der Waals surface area contributed by atoms with Gasteiger partial charge in [0.05, 0.1) is 0 Å². The molecule has 0 aliphatic carbocycles. The first-order valence-corrected chi connectivity index (χ1v) is 8.98. The lowest BCUT2D eigenvalue weighted by atomic mass is 10.1. The Balaban J connectivity index is 1.40. The van der Waals surface area contributed by atoms with Gasteiger partial charge in [-0.25, -0.2) is 4.39 Å². The average molecular weight is 370 g/mol. The molecule has 0 amide bonds. The van der Waals surface area contributed by atoms with Crippen molar-refractivity contribution in [2.45, 2.75) is 19.6 Å². The van der Waals surface area contributed by atoms with Gasteiger partial charge in [0.2, 0.25) is 0 Å². The van der Waals surface area contributed by atoms with Crippen molar-refractivity contribution in [1.29, 1.82) is 0 Å². The van der Waals surface area contributed by atoms with Crippen LogP contribution in [0.5, 0.6) is 5.75 Å². The smallest absolute Gasteiger partial charge is 0.123 e. The second-order valence-corrected chi connectivity index (χ2v) is 6.55. The summed E-state index contributed by atoms with van der Waals surface area (Å²) >= 11 is 5.97. The highest BCUT2D eigenvalue weighted by Crippen LogP contribution is 2.16. The maximum atomic E-state index is 12.9. The minimum absolute atomic E-state index is 0.195. The van der Waals surface area contributed by atoms with Crippen molar-refractivity contribution in [2.24, 2.45) is 0 Å². The van der Waals surface area contributed by atoms with Gasteiger partial charge in [0.15, 0.2) is 0 Å². The van der Waals surface area contributed by atoms with E-state index in [-0.39, 0.29) is 5.82 Å². The average Bonchev–Trinajstić information content (AvgIpc) is 2.66. The molecule has 0 aromatic heterocycles. The molecule has 0 saturated carbocycles. The first kappa shape index (κ1) is 18.4. The molecule has 1 N–H and O–H groups in total. The van der Waals surface area contributed by atoms with Crippen molar-refractivity contribution >= 4 is 11.6 Å². The first-order chi connectivity index (χ1) is 12.7. The zero-order valence-corrected chi connectivity index (χ0v) is 15.2. The van der Waals surface area contributed by atoms with Gasteiger partial charge in [-0.1, -0.05) is 48.0 Å². The zero-order chi connectivity index (χ0) is 18.2. The van der Waals surface area contributed by atoms with Gasteiger partial charge in [-0.3, -0.25) is 0 Å². The van der Waals surface area contributed by atoms with Crippen molar-refractivity contribution in [3.8, 4) is 5.75 Å². The summed E-state index contributed by atoms with van der Waals surface area (Å²) in [5, 5.41) is 4.11. The number of hydrogen-bond acceptors (Lipinski definition) is 2. The molecule has 0 heterocycles. The summed E-state index contributed by atoms with van der Waals surface area (Å²) in [6.45, 7) is 2.13. The maximum absolute atomic E-state index is 12.9. The molecule has 0 unspecified atom stereocenters. The lowest BCUT2D eigenvalue weighted by molar-refractivity contribution is 0.306. The Bertz CT molecular complexity index is 818. The molecule has 3 aromatic rings. The van der Waals surface area contributed by atoms with Crippen LogP contribution in [-0.2, 0) is 19.6 Å². The van der Waals surface area contributed by atoms with Crippen molar-refractivity contribution in [1.82, 2.24) is 5.32 Å². The highest BCUT2D eigenvalue weighted by Gasteiger charge is 1.99. The van der Waals surface area contributed by atoms with E-state index in [1.54, 1.807) is 0 Å². The van der Waals surface area contributed by atoms with Gasteiger partial charge >= 0.3 is 0 Å². The second kappa shape index (κ2) is 9.37. The van der Waals surface area contributed by atoms with Crippen LogP contribution >= 0.6 is 11.6 Å². The minimum atomic E-state index is -0.195. The van der Waals surface area contributed by atoms with Gasteiger partial charge in [-0.2, -0.15) is 0 Å². The molecule has 0 aliphatic rings. The monoisotopic (exact) mass is 369 g/mol. The molecule has 0 aliphatic heterocycles. The maximum Gasteiger partial charge on any atom is 0.123 e. The highest BCUT2D eigenvalue weighted by molar-refractivity contribution is 6.30. The van der Waals surface area contributed by atoms with E-state index in [2.05, 4.69) is 17.4 Å². The summed E-state index contributed by atoms with van der Waals surface area (Å²) in [5.74, 6) is 0.638. The molecule has 4 heteroatoms. The second-order valence-electron chi connectivity index (χ2n) is 6.12. The Hall–Kier alpha value is -2.36. The summed E-state index contributed by atoms with van der Waals surface area (Å²) in [6.07, 6.45) is 0.876. The van der Waals surface area contributed by atoms with Crippen molar-refractivity contribution in [3.63, 3.8) is 0 Å². The van der Waals surface area contributed by atoms with E-state index in [0.29, 0.717) is 11.6 Å². The van der Waals surface area contributed by atoms with Crippen LogP contribution in [0.1, 0.15) is 16.7 Å². The van der Waals surface area contributed by atoms with Crippen LogP contribution in [0.3, 0.4) is 0 Å². The fourth-order valence-electron chi connectivity index (χ4n) is 2.61. The molecule has 0 atom stereocenters. The number of nitrogens with one attached hydrogen (secondary N) is 1. The Morgan fingerprint density at radius 1 is 0.846 bits per heavy atom. The number of ether oxygens (including phenoxy) is 1. The minimum Gasteiger partial charge on any atom is -0.489 e. The summed E-state index contributed by atoms with van der Waals surface area (Å²) < 4.78 is 18.7. The number of benzene rings is 3. The lowest BCUT2D eigenvalue weighted by Gasteiger charge is -2.09. The van der Waals surface area contributed by atoms with E-state index in [0.717, 1.165) is 36.4 Å². The molecule has 0 fully saturated rings. The Morgan fingerprint density at radius 3 is 2.31 bits per heavy atom. The Kier molecular flexibility index (Phi) is 6.64. The topological polar surface area (TPSA) is 21.3 Å². The van der Waals surface area contributed by atoms with E-state index in [1.165, 1.54) is 17.7 Å². The molecule has 3 rings (SSSR count). The van der Waals surface area contributed by atoms with E-state index in [4.69, 9.17) is 16.3 Å². The van der Waals surface area contributed by atoms with Crippen molar-refractivity contribution in [2.75, 3.05) is 6.54 Å². The first-order valence-electron chi connectivity index (χ1n) is 8.60. The summed E-state index contributed by atoms with van der Waals surface area (Å²) in [6, 6.07) is 22.4. The van der Waals surface area contributed by atoms with Crippen LogP contribution in [0.25, 0.3) is 0 Å². The molecule has 0 spiro atoms. The SMILES string of the molecule is Fc1ccc(CCNCc2ccc(OCc3cccc(Cl)c3)cc2)cc1. The van der Waals surface area contributed by atoms with Crippen LogP contribution < -0.4 is 10.1 Å². The van der Waals surface area contributed by atoms with Crippen LogP contribution in [0, 0.1) is 5.82 Å². The van der Waals surface area contributed by atoms with E-state index >= 15 is 0 Å². The summed E-state index contributed by atoms with van der Waals surface area (Å²) in [7, 11) is 0. The Morgan fingerprint density at radius 2 is 1.58 bits per heavy atom. The zero-order valence-electron chi connectivity index (χ0n) is 14.4.